The smallest absolute Gasteiger partial charge is 0.329 e. The van der Waals surface area contributed by atoms with Gasteiger partial charge in [-0.25, -0.2) is 4.79 Å². The van der Waals surface area contributed by atoms with Crippen LogP contribution in [0.5, 0.6) is 5.75 Å². The predicted molar refractivity (Wildman–Crippen MR) is 98.1 cm³/mol. The number of nitrogens with one attached hydrogen (secondary N) is 2. The number of nitrogens with zero attached hydrogens (tertiary/aromatic N) is 1. The molecule has 0 radical (unpaired) electrons. The van der Waals surface area contributed by atoms with Gasteiger partial charge >= 0.3 is 5.69 Å². The summed E-state index contributed by atoms with van der Waals surface area (Å²) in [5.41, 5.74) is -0.777. The van der Waals surface area contributed by atoms with E-state index in [1.54, 1.807) is 18.2 Å². The summed E-state index contributed by atoms with van der Waals surface area (Å²) in [6, 6.07) is 6.44. The van der Waals surface area contributed by atoms with Gasteiger partial charge in [0.05, 0.1) is 18.2 Å². The number of anilines is 1. The maximum absolute atomic E-state index is 12.5. The molecule has 0 bridgehead atoms. The first kappa shape index (κ1) is 17.2. The number of rotatable bonds is 4. The van der Waals surface area contributed by atoms with Gasteiger partial charge in [0.1, 0.15) is 17.1 Å². The number of methoxy groups -OCH3 is 1. The van der Waals surface area contributed by atoms with Crippen LogP contribution in [0.1, 0.15) is 4.88 Å². The summed E-state index contributed by atoms with van der Waals surface area (Å²) in [5, 5.41) is 3.40. The van der Waals surface area contributed by atoms with Gasteiger partial charge in [-0.2, -0.15) is 0 Å². The first-order chi connectivity index (χ1) is 11.9. The fourth-order valence-electron chi connectivity index (χ4n) is 2.42. The van der Waals surface area contributed by atoms with Crippen molar-refractivity contribution < 1.29 is 9.53 Å². The number of halogens is 1. The van der Waals surface area contributed by atoms with Gasteiger partial charge in [0.25, 0.3) is 5.56 Å². The first-order valence-corrected chi connectivity index (χ1v) is 8.45. The fourth-order valence-corrected chi connectivity index (χ4v) is 3.49. The molecule has 0 spiro atoms. The van der Waals surface area contributed by atoms with Crippen LogP contribution in [-0.2, 0) is 11.3 Å². The Morgan fingerprint density at radius 2 is 2.12 bits per heavy atom. The number of H-pyrrole nitrogens is 1. The number of hydrogen-bond donors (Lipinski definition) is 2. The second-order valence-electron chi connectivity index (χ2n) is 5.31. The summed E-state index contributed by atoms with van der Waals surface area (Å²) in [4.78, 5) is 40.9. The highest BCUT2D eigenvalue weighted by Gasteiger charge is 2.14. The number of benzene rings is 1. The molecule has 9 heteroatoms. The summed E-state index contributed by atoms with van der Waals surface area (Å²) >= 11 is 7.24. The average Bonchev–Trinajstić information content (AvgIpc) is 2.92. The SMILES string of the molecule is COc1ccc(Cl)cc1NC(=O)Cn1c(=O)[nH]c2sc(C)cc2c1=O. The molecule has 130 valence electrons. The van der Waals surface area contributed by atoms with Gasteiger partial charge in [0.15, 0.2) is 0 Å². The van der Waals surface area contributed by atoms with Crippen LogP contribution < -0.4 is 21.3 Å². The summed E-state index contributed by atoms with van der Waals surface area (Å²) in [5.74, 6) is -0.123. The van der Waals surface area contributed by atoms with Gasteiger partial charge in [-0.05, 0) is 31.2 Å². The number of hydrogen-bond acceptors (Lipinski definition) is 5. The molecule has 25 heavy (non-hydrogen) atoms. The average molecular weight is 380 g/mol. The molecule has 2 N–H and O–H groups in total. The van der Waals surface area contributed by atoms with Crippen molar-refractivity contribution in [1.29, 1.82) is 0 Å². The van der Waals surface area contributed by atoms with Crippen molar-refractivity contribution in [2.45, 2.75) is 13.5 Å². The molecule has 1 aromatic carbocycles. The van der Waals surface area contributed by atoms with Gasteiger partial charge in [0.2, 0.25) is 5.91 Å². The summed E-state index contributed by atoms with van der Waals surface area (Å²) in [6.07, 6.45) is 0. The molecule has 2 aromatic heterocycles. The molecule has 0 unspecified atom stereocenters. The zero-order valence-corrected chi connectivity index (χ0v) is 15.0. The summed E-state index contributed by atoms with van der Waals surface area (Å²) in [7, 11) is 1.46. The molecule has 0 aliphatic carbocycles. The Bertz CT molecular complexity index is 1080. The minimum Gasteiger partial charge on any atom is -0.495 e. The van der Waals surface area contributed by atoms with E-state index in [2.05, 4.69) is 10.3 Å². The second-order valence-corrected chi connectivity index (χ2v) is 7.01. The molecule has 0 atom stereocenters. The van der Waals surface area contributed by atoms with E-state index in [1.165, 1.54) is 24.5 Å². The Balaban J connectivity index is 1.91. The van der Waals surface area contributed by atoms with Gasteiger partial charge in [-0.1, -0.05) is 11.6 Å². The van der Waals surface area contributed by atoms with E-state index >= 15 is 0 Å². The van der Waals surface area contributed by atoms with E-state index in [0.29, 0.717) is 26.7 Å². The third kappa shape index (κ3) is 3.45. The van der Waals surface area contributed by atoms with Gasteiger partial charge in [-0.15, -0.1) is 11.3 Å². The molecule has 0 fully saturated rings. The maximum atomic E-state index is 12.5. The molecule has 0 aliphatic heterocycles. The van der Waals surface area contributed by atoms with Crippen molar-refractivity contribution in [3.8, 4) is 5.75 Å². The van der Waals surface area contributed by atoms with Crippen LogP contribution >= 0.6 is 22.9 Å². The number of fused-ring (bicyclic) bond motifs is 1. The van der Waals surface area contributed by atoms with Crippen molar-refractivity contribution in [3.05, 3.63) is 55.0 Å². The van der Waals surface area contributed by atoms with Gasteiger partial charge < -0.3 is 10.1 Å². The third-order valence-corrected chi connectivity index (χ3v) is 4.73. The number of aromatic amines is 1. The Kier molecular flexibility index (Phi) is 4.65. The standard InChI is InChI=1S/C16H14ClN3O4S/c1-8-5-10-14(25-8)19-16(23)20(15(10)22)7-13(21)18-11-6-9(17)3-4-12(11)24-2/h3-6H,7H2,1-2H3,(H,18,21)(H,19,23). The number of aryl methyl sites for hydroxylation is 1. The van der Waals surface area contributed by atoms with E-state index in [0.717, 1.165) is 9.44 Å². The Labute approximate surface area is 150 Å². The fraction of sp³-hybridized carbons (Fsp3) is 0.188. The molecule has 1 amide bonds. The van der Waals surface area contributed by atoms with Crippen LogP contribution in [0, 0.1) is 6.92 Å². The lowest BCUT2D eigenvalue weighted by atomic mass is 10.3. The van der Waals surface area contributed by atoms with Crippen molar-refractivity contribution in [1.82, 2.24) is 9.55 Å². The van der Waals surface area contributed by atoms with Crippen molar-refractivity contribution in [2.75, 3.05) is 12.4 Å². The van der Waals surface area contributed by atoms with Crippen molar-refractivity contribution in [3.63, 3.8) is 0 Å². The van der Waals surface area contributed by atoms with E-state index in [1.807, 2.05) is 6.92 Å². The monoisotopic (exact) mass is 379 g/mol. The highest BCUT2D eigenvalue weighted by Crippen LogP contribution is 2.27. The van der Waals surface area contributed by atoms with Crippen molar-refractivity contribution >= 4 is 44.7 Å². The topological polar surface area (TPSA) is 93.2 Å². The molecule has 0 saturated heterocycles. The summed E-state index contributed by atoms with van der Waals surface area (Å²) < 4.78 is 6.01. The molecular weight excluding hydrogens is 366 g/mol. The van der Waals surface area contributed by atoms with E-state index in [9.17, 15) is 14.4 Å². The maximum Gasteiger partial charge on any atom is 0.329 e. The molecule has 0 saturated carbocycles. The minimum atomic E-state index is -0.632. The van der Waals surface area contributed by atoms with Crippen LogP contribution in [-0.4, -0.2) is 22.6 Å². The Morgan fingerprint density at radius 3 is 2.84 bits per heavy atom. The van der Waals surface area contributed by atoms with E-state index in [-0.39, 0.29) is 0 Å². The van der Waals surface area contributed by atoms with Gasteiger partial charge in [0, 0.05) is 9.90 Å². The quantitative estimate of drug-likeness (QED) is 0.727. The number of carbonyl (C=O) groups is 1. The second kappa shape index (κ2) is 6.73. The number of amides is 1. The zero-order valence-electron chi connectivity index (χ0n) is 13.4. The number of thiophene rings is 1. The summed E-state index contributed by atoms with van der Waals surface area (Å²) in [6.45, 7) is 1.42. The van der Waals surface area contributed by atoms with Gasteiger partial charge in [-0.3, -0.25) is 19.1 Å². The molecule has 0 aliphatic rings. The normalized spacial score (nSPS) is 10.8. The largest absolute Gasteiger partial charge is 0.495 e. The molecule has 3 aromatic rings. The van der Waals surface area contributed by atoms with Crippen LogP contribution in [0.25, 0.3) is 10.2 Å². The highest BCUT2D eigenvalue weighted by atomic mass is 35.5. The molecular formula is C16H14ClN3O4S. The van der Waals surface area contributed by atoms with Crippen molar-refractivity contribution in [2.24, 2.45) is 0 Å². The molecule has 7 nitrogen and oxygen atoms in total. The number of ether oxygens (including phenoxy) is 1. The van der Waals surface area contributed by atoms with Crippen LogP contribution in [0.15, 0.2) is 33.9 Å². The van der Waals surface area contributed by atoms with E-state index in [4.69, 9.17) is 16.3 Å². The highest BCUT2D eigenvalue weighted by molar-refractivity contribution is 7.18. The van der Waals surface area contributed by atoms with E-state index < -0.39 is 23.7 Å². The number of aromatic nitrogens is 2. The van der Waals surface area contributed by atoms with Crippen LogP contribution in [0.4, 0.5) is 5.69 Å². The zero-order chi connectivity index (χ0) is 18.1. The lowest BCUT2D eigenvalue weighted by molar-refractivity contribution is -0.116. The Hall–Kier alpha value is -2.58. The van der Waals surface area contributed by atoms with Crippen LogP contribution in [0.3, 0.4) is 0 Å². The Morgan fingerprint density at radius 1 is 1.36 bits per heavy atom. The number of carbonyl (C=O) groups excluding carboxylic acids is 1. The lowest BCUT2D eigenvalue weighted by Crippen LogP contribution is -2.38. The first-order valence-electron chi connectivity index (χ1n) is 7.25. The predicted octanol–water partition coefficient (Wildman–Crippen LogP) is 2.36. The molecule has 3 rings (SSSR count). The molecule has 2 heterocycles. The lowest BCUT2D eigenvalue weighted by Gasteiger charge is -2.11. The minimum absolute atomic E-state index is 0.358. The van der Waals surface area contributed by atoms with Crippen LogP contribution in [0.2, 0.25) is 5.02 Å². The third-order valence-electron chi connectivity index (χ3n) is 3.53.